The van der Waals surface area contributed by atoms with Gasteiger partial charge < -0.3 is 15.5 Å². The molecule has 1 heterocycles. The third-order valence-electron chi connectivity index (χ3n) is 5.72. The monoisotopic (exact) mass is 396 g/mol. The Morgan fingerprint density at radius 1 is 0.893 bits per heavy atom. The molecule has 2 N–H and O–H groups in total. The van der Waals surface area contributed by atoms with E-state index in [0.717, 1.165) is 45.0 Å². The lowest BCUT2D eigenvalue weighted by Gasteiger charge is -2.37. The van der Waals surface area contributed by atoms with Crippen molar-refractivity contribution in [3.8, 4) is 0 Å². The second-order valence-electron chi connectivity index (χ2n) is 7.70. The summed E-state index contributed by atoms with van der Waals surface area (Å²) in [6, 6.07) is 12.9. The summed E-state index contributed by atoms with van der Waals surface area (Å²) in [6.07, 6.45) is 0. The van der Waals surface area contributed by atoms with Gasteiger partial charge in [-0.25, -0.2) is 0 Å². The Hall–Kier alpha value is -2.11. The summed E-state index contributed by atoms with van der Waals surface area (Å²) in [5.41, 5.74) is 7.70. The first-order chi connectivity index (χ1) is 13.5. The fourth-order valence-corrected chi connectivity index (χ4v) is 3.99. The van der Waals surface area contributed by atoms with Gasteiger partial charge in [-0.2, -0.15) is 0 Å². The molecule has 0 unspecified atom stereocenters. The van der Waals surface area contributed by atoms with Gasteiger partial charge in [0.25, 0.3) is 0 Å². The van der Waals surface area contributed by atoms with Crippen molar-refractivity contribution in [2.45, 2.75) is 27.7 Å². The lowest BCUT2D eigenvalue weighted by atomic mass is 10.1. The number of nitrogens with one attached hydrogen (secondary N) is 2. The van der Waals surface area contributed by atoms with Crippen LogP contribution in [0.3, 0.4) is 0 Å². The van der Waals surface area contributed by atoms with Crippen molar-refractivity contribution in [1.82, 2.24) is 10.2 Å². The van der Waals surface area contributed by atoms with Crippen molar-refractivity contribution >= 4 is 28.7 Å². The van der Waals surface area contributed by atoms with Crippen molar-refractivity contribution in [2.24, 2.45) is 0 Å². The van der Waals surface area contributed by atoms with Gasteiger partial charge in [0.1, 0.15) is 0 Å². The molecule has 1 saturated heterocycles. The number of para-hydroxylation sites is 1. The van der Waals surface area contributed by atoms with Gasteiger partial charge in [-0.1, -0.05) is 30.3 Å². The van der Waals surface area contributed by atoms with Gasteiger partial charge in [0, 0.05) is 50.6 Å². The Labute approximate surface area is 174 Å². The first-order valence-electron chi connectivity index (χ1n) is 10.1. The molecular formula is C23H32N4S. The predicted octanol–water partition coefficient (Wildman–Crippen LogP) is 4.03. The van der Waals surface area contributed by atoms with E-state index < -0.39 is 0 Å². The number of benzene rings is 2. The summed E-state index contributed by atoms with van der Waals surface area (Å²) >= 11 is 5.48. The Bertz CT molecular complexity index is 805. The summed E-state index contributed by atoms with van der Waals surface area (Å²) in [4.78, 5) is 5.02. The van der Waals surface area contributed by atoms with Crippen molar-refractivity contribution < 1.29 is 0 Å². The van der Waals surface area contributed by atoms with Crippen LogP contribution in [0.4, 0.5) is 11.4 Å². The summed E-state index contributed by atoms with van der Waals surface area (Å²) < 4.78 is 0. The van der Waals surface area contributed by atoms with Gasteiger partial charge in [0.15, 0.2) is 5.11 Å². The van der Waals surface area contributed by atoms with Gasteiger partial charge in [-0.15, -0.1) is 0 Å². The molecule has 1 aliphatic rings. The van der Waals surface area contributed by atoms with Gasteiger partial charge in [0.2, 0.25) is 0 Å². The van der Waals surface area contributed by atoms with E-state index in [9.17, 15) is 0 Å². The molecule has 150 valence electrons. The third kappa shape index (κ3) is 5.03. The highest BCUT2D eigenvalue weighted by molar-refractivity contribution is 7.80. The molecule has 0 amide bonds. The van der Waals surface area contributed by atoms with E-state index in [-0.39, 0.29) is 0 Å². The van der Waals surface area contributed by atoms with Crippen LogP contribution in [-0.4, -0.2) is 49.3 Å². The zero-order chi connectivity index (χ0) is 20.1. The maximum absolute atomic E-state index is 5.48. The van der Waals surface area contributed by atoms with Crippen LogP contribution < -0.4 is 15.5 Å². The molecule has 0 bridgehead atoms. The standard InChI is InChI=1S/C23H32N4S/c1-17-7-6-10-21(20(17)4)27-15-13-26(14-16-27)12-11-24-23(28)25-22-18(2)8-5-9-19(22)3/h5-10H,11-16H2,1-4H3,(H2,24,25,28). The summed E-state index contributed by atoms with van der Waals surface area (Å²) in [5.74, 6) is 0. The van der Waals surface area contributed by atoms with Crippen molar-refractivity contribution in [2.75, 3.05) is 49.5 Å². The molecule has 5 heteroatoms. The lowest BCUT2D eigenvalue weighted by molar-refractivity contribution is 0.262. The van der Waals surface area contributed by atoms with Crippen molar-refractivity contribution in [1.29, 1.82) is 0 Å². The van der Waals surface area contributed by atoms with Crippen molar-refractivity contribution in [3.63, 3.8) is 0 Å². The van der Waals surface area contributed by atoms with Crippen LogP contribution in [-0.2, 0) is 0 Å². The predicted molar refractivity (Wildman–Crippen MR) is 125 cm³/mol. The molecular weight excluding hydrogens is 364 g/mol. The maximum Gasteiger partial charge on any atom is 0.170 e. The molecule has 2 aromatic rings. The van der Waals surface area contributed by atoms with Crippen LogP contribution in [0, 0.1) is 27.7 Å². The van der Waals surface area contributed by atoms with E-state index in [1.165, 1.54) is 27.9 Å². The van der Waals surface area contributed by atoms with E-state index in [4.69, 9.17) is 12.2 Å². The quantitative estimate of drug-likeness (QED) is 0.745. The highest BCUT2D eigenvalue weighted by atomic mass is 32.1. The number of hydrogen-bond donors (Lipinski definition) is 2. The minimum atomic E-state index is 0.700. The van der Waals surface area contributed by atoms with Crippen LogP contribution in [0.5, 0.6) is 0 Å². The van der Waals surface area contributed by atoms with Crippen LogP contribution in [0.2, 0.25) is 0 Å². The Morgan fingerprint density at radius 3 is 2.18 bits per heavy atom. The first-order valence-corrected chi connectivity index (χ1v) is 10.5. The third-order valence-corrected chi connectivity index (χ3v) is 5.97. The molecule has 3 rings (SSSR count). The van der Waals surface area contributed by atoms with Crippen molar-refractivity contribution in [3.05, 3.63) is 58.7 Å². The summed E-state index contributed by atoms with van der Waals surface area (Å²) in [5, 5.41) is 7.41. The molecule has 0 radical (unpaired) electrons. The van der Waals surface area contributed by atoms with Gasteiger partial charge in [0.05, 0.1) is 0 Å². The number of rotatable bonds is 5. The number of hydrogen-bond acceptors (Lipinski definition) is 3. The molecule has 0 aromatic heterocycles. The normalized spacial score (nSPS) is 14.8. The number of nitrogens with zero attached hydrogens (tertiary/aromatic N) is 2. The van der Waals surface area contributed by atoms with Crippen LogP contribution >= 0.6 is 12.2 Å². The zero-order valence-electron chi connectivity index (χ0n) is 17.5. The molecule has 28 heavy (non-hydrogen) atoms. The van der Waals surface area contributed by atoms with Crippen LogP contribution in [0.1, 0.15) is 22.3 Å². The minimum absolute atomic E-state index is 0.700. The highest BCUT2D eigenvalue weighted by Gasteiger charge is 2.18. The van der Waals surface area contributed by atoms with E-state index in [2.05, 4.69) is 84.5 Å². The molecule has 2 aromatic carbocycles. The van der Waals surface area contributed by atoms with Crippen LogP contribution in [0.25, 0.3) is 0 Å². The van der Waals surface area contributed by atoms with Gasteiger partial charge in [-0.3, -0.25) is 4.90 Å². The topological polar surface area (TPSA) is 30.5 Å². The molecule has 1 fully saturated rings. The van der Waals surface area contributed by atoms with E-state index >= 15 is 0 Å². The lowest BCUT2D eigenvalue weighted by Crippen LogP contribution is -2.49. The average Bonchev–Trinajstić information content (AvgIpc) is 2.68. The number of anilines is 2. The molecule has 4 nitrogen and oxygen atoms in total. The molecule has 0 atom stereocenters. The fraction of sp³-hybridized carbons (Fsp3) is 0.435. The highest BCUT2D eigenvalue weighted by Crippen LogP contribution is 2.23. The SMILES string of the molecule is Cc1cccc(N2CCN(CCNC(=S)Nc3c(C)cccc3C)CC2)c1C. The zero-order valence-corrected chi connectivity index (χ0v) is 18.3. The number of aryl methyl sites for hydroxylation is 3. The second-order valence-corrected chi connectivity index (χ2v) is 8.10. The molecule has 1 aliphatic heterocycles. The molecule has 0 spiro atoms. The smallest absolute Gasteiger partial charge is 0.170 e. The second kappa shape index (κ2) is 9.39. The van der Waals surface area contributed by atoms with Crippen LogP contribution in [0.15, 0.2) is 36.4 Å². The fourth-order valence-electron chi connectivity index (χ4n) is 3.79. The molecule has 0 saturated carbocycles. The molecule has 0 aliphatic carbocycles. The Kier molecular flexibility index (Phi) is 6.92. The average molecular weight is 397 g/mol. The number of piperazine rings is 1. The van der Waals surface area contributed by atoms with E-state index in [1.54, 1.807) is 0 Å². The largest absolute Gasteiger partial charge is 0.369 e. The number of thiocarbonyl (C=S) groups is 1. The first kappa shape index (κ1) is 20.6. The summed E-state index contributed by atoms with van der Waals surface area (Å²) in [7, 11) is 0. The van der Waals surface area contributed by atoms with Gasteiger partial charge >= 0.3 is 0 Å². The maximum atomic E-state index is 5.48. The Morgan fingerprint density at radius 2 is 1.50 bits per heavy atom. The summed E-state index contributed by atoms with van der Waals surface area (Å²) in [6.45, 7) is 14.8. The van der Waals surface area contributed by atoms with E-state index in [1.807, 2.05) is 0 Å². The Balaban J connectivity index is 1.42. The van der Waals surface area contributed by atoms with Gasteiger partial charge in [-0.05, 0) is 68.2 Å². The minimum Gasteiger partial charge on any atom is -0.369 e. The van der Waals surface area contributed by atoms with E-state index in [0.29, 0.717) is 5.11 Å².